The van der Waals surface area contributed by atoms with Crippen LogP contribution >= 0.6 is 0 Å². The van der Waals surface area contributed by atoms with Crippen molar-refractivity contribution in [2.45, 2.75) is 57.6 Å². The van der Waals surface area contributed by atoms with E-state index in [4.69, 9.17) is 4.74 Å². The number of hydrogen-bond acceptors (Lipinski definition) is 4. The molecule has 1 aliphatic heterocycles. The van der Waals surface area contributed by atoms with E-state index in [9.17, 15) is 9.90 Å². The van der Waals surface area contributed by atoms with E-state index in [1.165, 1.54) is 0 Å². The summed E-state index contributed by atoms with van der Waals surface area (Å²) in [6.45, 7) is 2.76. The standard InChI is InChI=1S/C16H22N2O3/c1-10-8-12(6-7-21-10)17-15-13(16(19)20)9-11-4-2-3-5-14(11)18-15/h9-10,12H,2-8H2,1H3,(H,17,18)(H,19,20). The second-order valence-corrected chi connectivity index (χ2v) is 6.05. The maximum absolute atomic E-state index is 11.5. The minimum Gasteiger partial charge on any atom is -0.478 e. The number of carboxylic acid groups (broad SMARTS) is 1. The Labute approximate surface area is 124 Å². The number of nitrogens with one attached hydrogen (secondary N) is 1. The van der Waals surface area contributed by atoms with E-state index in [0.717, 1.165) is 49.8 Å². The van der Waals surface area contributed by atoms with Crippen LogP contribution < -0.4 is 5.32 Å². The van der Waals surface area contributed by atoms with Crippen LogP contribution in [0.2, 0.25) is 0 Å². The van der Waals surface area contributed by atoms with Crippen LogP contribution in [0, 0.1) is 0 Å². The summed E-state index contributed by atoms with van der Waals surface area (Å²) < 4.78 is 5.54. The summed E-state index contributed by atoms with van der Waals surface area (Å²) >= 11 is 0. The van der Waals surface area contributed by atoms with Gasteiger partial charge in [0.15, 0.2) is 0 Å². The van der Waals surface area contributed by atoms with Crippen LogP contribution in [0.3, 0.4) is 0 Å². The summed E-state index contributed by atoms with van der Waals surface area (Å²) in [5.41, 5.74) is 2.47. The van der Waals surface area contributed by atoms with Gasteiger partial charge in [-0.25, -0.2) is 9.78 Å². The van der Waals surface area contributed by atoms with Crippen molar-refractivity contribution < 1.29 is 14.6 Å². The minimum atomic E-state index is -0.904. The molecule has 2 atom stereocenters. The van der Waals surface area contributed by atoms with Crippen molar-refractivity contribution >= 4 is 11.8 Å². The van der Waals surface area contributed by atoms with Gasteiger partial charge in [0.2, 0.25) is 0 Å². The Morgan fingerprint density at radius 1 is 1.43 bits per heavy atom. The van der Waals surface area contributed by atoms with E-state index < -0.39 is 5.97 Å². The average molecular weight is 290 g/mol. The van der Waals surface area contributed by atoms with Gasteiger partial charge in [-0.2, -0.15) is 0 Å². The molecule has 1 aliphatic carbocycles. The molecule has 2 aliphatic rings. The third-order valence-corrected chi connectivity index (χ3v) is 4.36. The predicted molar refractivity (Wildman–Crippen MR) is 79.9 cm³/mol. The summed E-state index contributed by atoms with van der Waals surface area (Å²) in [4.78, 5) is 16.1. The first-order valence-electron chi connectivity index (χ1n) is 7.77. The summed E-state index contributed by atoms with van der Waals surface area (Å²) in [7, 11) is 0. The van der Waals surface area contributed by atoms with Gasteiger partial charge in [0, 0.05) is 18.3 Å². The van der Waals surface area contributed by atoms with Crippen molar-refractivity contribution in [2.24, 2.45) is 0 Å². The Balaban J connectivity index is 1.87. The number of ether oxygens (including phenoxy) is 1. The van der Waals surface area contributed by atoms with Crippen molar-refractivity contribution in [1.29, 1.82) is 0 Å². The lowest BCUT2D eigenvalue weighted by molar-refractivity contribution is 0.0231. The summed E-state index contributed by atoms with van der Waals surface area (Å²) in [5, 5.41) is 12.8. The van der Waals surface area contributed by atoms with E-state index >= 15 is 0 Å². The van der Waals surface area contributed by atoms with Crippen LogP contribution in [-0.2, 0) is 17.6 Å². The van der Waals surface area contributed by atoms with Gasteiger partial charge in [0.05, 0.1) is 6.10 Å². The summed E-state index contributed by atoms with van der Waals surface area (Å²) in [5.74, 6) is -0.374. The third kappa shape index (κ3) is 3.18. The highest BCUT2D eigenvalue weighted by Crippen LogP contribution is 2.26. The quantitative estimate of drug-likeness (QED) is 0.895. The van der Waals surface area contributed by atoms with Gasteiger partial charge in [-0.3, -0.25) is 0 Å². The second kappa shape index (κ2) is 6.02. The zero-order valence-electron chi connectivity index (χ0n) is 12.4. The number of nitrogens with zero attached hydrogens (tertiary/aromatic N) is 1. The van der Waals surface area contributed by atoms with Crippen LogP contribution in [0.1, 0.15) is 54.2 Å². The average Bonchev–Trinajstić information content (AvgIpc) is 2.46. The molecule has 5 nitrogen and oxygen atoms in total. The highest BCUT2D eigenvalue weighted by molar-refractivity contribution is 5.93. The van der Waals surface area contributed by atoms with Gasteiger partial charge in [-0.15, -0.1) is 0 Å². The molecule has 0 spiro atoms. The van der Waals surface area contributed by atoms with E-state index in [1.807, 2.05) is 13.0 Å². The number of pyridine rings is 1. The first-order chi connectivity index (χ1) is 10.1. The molecule has 114 valence electrons. The first-order valence-corrected chi connectivity index (χ1v) is 7.77. The van der Waals surface area contributed by atoms with Crippen LogP contribution in [0.4, 0.5) is 5.82 Å². The molecule has 1 aromatic heterocycles. The van der Waals surface area contributed by atoms with Crippen molar-refractivity contribution in [1.82, 2.24) is 4.98 Å². The Hall–Kier alpha value is -1.62. The lowest BCUT2D eigenvalue weighted by Crippen LogP contribution is -2.33. The van der Waals surface area contributed by atoms with Crippen LogP contribution in [0.5, 0.6) is 0 Å². The highest BCUT2D eigenvalue weighted by atomic mass is 16.5. The first kappa shape index (κ1) is 14.3. The Kier molecular flexibility index (Phi) is 4.10. The van der Waals surface area contributed by atoms with Crippen molar-refractivity contribution in [3.63, 3.8) is 0 Å². The molecule has 0 bridgehead atoms. The largest absolute Gasteiger partial charge is 0.478 e. The van der Waals surface area contributed by atoms with Gasteiger partial charge in [-0.1, -0.05) is 0 Å². The summed E-state index contributed by atoms with van der Waals surface area (Å²) in [6, 6.07) is 2.05. The molecule has 1 saturated heterocycles. The molecule has 5 heteroatoms. The number of rotatable bonds is 3. The van der Waals surface area contributed by atoms with Gasteiger partial charge in [0.25, 0.3) is 0 Å². The number of hydrogen-bond donors (Lipinski definition) is 2. The smallest absolute Gasteiger partial charge is 0.339 e. The molecule has 0 saturated carbocycles. The fourth-order valence-electron chi connectivity index (χ4n) is 3.23. The molecule has 3 rings (SSSR count). The fraction of sp³-hybridized carbons (Fsp3) is 0.625. The second-order valence-electron chi connectivity index (χ2n) is 6.05. The molecular formula is C16H22N2O3. The predicted octanol–water partition coefficient (Wildman–Crippen LogP) is 2.64. The van der Waals surface area contributed by atoms with Gasteiger partial charge < -0.3 is 15.2 Å². The monoisotopic (exact) mass is 290 g/mol. The van der Waals surface area contributed by atoms with E-state index in [0.29, 0.717) is 18.0 Å². The zero-order chi connectivity index (χ0) is 14.8. The Morgan fingerprint density at radius 2 is 2.24 bits per heavy atom. The summed E-state index contributed by atoms with van der Waals surface area (Å²) in [6.07, 6.45) is 6.14. The molecule has 2 N–H and O–H groups in total. The van der Waals surface area contributed by atoms with E-state index in [1.54, 1.807) is 0 Å². The van der Waals surface area contributed by atoms with Crippen LogP contribution in [0.25, 0.3) is 0 Å². The zero-order valence-corrected chi connectivity index (χ0v) is 12.4. The molecular weight excluding hydrogens is 268 g/mol. The van der Waals surface area contributed by atoms with Gasteiger partial charge in [-0.05, 0) is 57.1 Å². The SMILES string of the molecule is CC1CC(Nc2nc3c(cc2C(=O)O)CCCC3)CCO1. The maximum Gasteiger partial charge on any atom is 0.339 e. The molecule has 0 aromatic carbocycles. The lowest BCUT2D eigenvalue weighted by Gasteiger charge is -2.29. The Bertz CT molecular complexity index is 545. The van der Waals surface area contributed by atoms with Gasteiger partial charge >= 0.3 is 5.97 Å². The number of aryl methyl sites for hydroxylation is 2. The Morgan fingerprint density at radius 3 is 3.00 bits per heavy atom. The van der Waals surface area contributed by atoms with Crippen molar-refractivity contribution in [2.75, 3.05) is 11.9 Å². The van der Waals surface area contributed by atoms with E-state index in [2.05, 4.69) is 10.3 Å². The minimum absolute atomic E-state index is 0.210. The molecule has 2 heterocycles. The van der Waals surface area contributed by atoms with Crippen molar-refractivity contribution in [3.8, 4) is 0 Å². The number of fused-ring (bicyclic) bond motifs is 1. The fourth-order valence-corrected chi connectivity index (χ4v) is 3.23. The number of carboxylic acids is 1. The topological polar surface area (TPSA) is 71.5 Å². The normalized spacial score (nSPS) is 25.2. The van der Waals surface area contributed by atoms with E-state index in [-0.39, 0.29) is 12.1 Å². The number of anilines is 1. The lowest BCUT2D eigenvalue weighted by atomic mass is 9.94. The van der Waals surface area contributed by atoms with Crippen molar-refractivity contribution in [3.05, 3.63) is 22.9 Å². The van der Waals surface area contributed by atoms with Crippen LogP contribution in [-0.4, -0.2) is 34.8 Å². The maximum atomic E-state index is 11.5. The van der Waals surface area contributed by atoms with Crippen LogP contribution in [0.15, 0.2) is 6.07 Å². The molecule has 1 fully saturated rings. The third-order valence-electron chi connectivity index (χ3n) is 4.36. The number of carbonyl (C=O) groups is 1. The number of aromatic nitrogens is 1. The molecule has 0 amide bonds. The molecule has 21 heavy (non-hydrogen) atoms. The number of aromatic carboxylic acids is 1. The van der Waals surface area contributed by atoms with Gasteiger partial charge in [0.1, 0.15) is 11.4 Å². The highest BCUT2D eigenvalue weighted by Gasteiger charge is 2.24. The molecule has 0 radical (unpaired) electrons. The molecule has 2 unspecified atom stereocenters. The molecule has 1 aromatic rings.